The van der Waals surface area contributed by atoms with Gasteiger partial charge in [-0.25, -0.2) is 14.2 Å². The highest BCUT2D eigenvalue weighted by Gasteiger charge is 2.39. The molecule has 1 saturated carbocycles. The number of piperazine rings is 1. The van der Waals surface area contributed by atoms with E-state index in [9.17, 15) is 14.3 Å². The lowest BCUT2D eigenvalue weighted by atomic mass is 9.99. The van der Waals surface area contributed by atoms with Gasteiger partial charge in [-0.15, -0.1) is 0 Å². The first-order valence-corrected chi connectivity index (χ1v) is 9.40. The van der Waals surface area contributed by atoms with E-state index in [4.69, 9.17) is 9.40 Å². The molecule has 2 fully saturated rings. The maximum Gasteiger partial charge on any atom is 0.407 e. The molecule has 1 unspecified atom stereocenters. The smallest absolute Gasteiger partial charge is 0.407 e. The molecule has 1 saturated heterocycles. The fourth-order valence-electron chi connectivity index (χ4n) is 3.89. The van der Waals surface area contributed by atoms with Crippen LogP contribution in [0.1, 0.15) is 55.8 Å². The topological polar surface area (TPSA) is 69.8 Å². The van der Waals surface area contributed by atoms with Gasteiger partial charge in [-0.05, 0) is 44.4 Å². The Balaban J connectivity index is 1.68. The molecule has 6 nitrogen and oxygen atoms in total. The summed E-state index contributed by atoms with van der Waals surface area (Å²) < 4.78 is 19.3. The molecule has 0 spiro atoms. The number of aromatic nitrogens is 1. The van der Waals surface area contributed by atoms with Gasteiger partial charge in [-0.2, -0.15) is 0 Å². The number of halogens is 1. The molecule has 2 heterocycles. The van der Waals surface area contributed by atoms with Gasteiger partial charge in [0.2, 0.25) is 5.89 Å². The molecule has 27 heavy (non-hydrogen) atoms. The highest BCUT2D eigenvalue weighted by molar-refractivity contribution is 5.65. The third-order valence-electron chi connectivity index (χ3n) is 5.57. The number of benzene rings is 1. The Bertz CT molecular complexity index is 818. The molecular formula is C20H24FN3O3. The Morgan fingerprint density at radius 1 is 1.22 bits per heavy atom. The minimum absolute atomic E-state index is 0.0244. The Morgan fingerprint density at radius 2 is 1.93 bits per heavy atom. The summed E-state index contributed by atoms with van der Waals surface area (Å²) in [7, 11) is 0. The maximum atomic E-state index is 13.5. The molecule has 7 heteroatoms. The van der Waals surface area contributed by atoms with E-state index in [-0.39, 0.29) is 23.9 Å². The highest BCUT2D eigenvalue weighted by atomic mass is 19.1. The molecule has 2 aliphatic rings. The minimum Gasteiger partial charge on any atom is -0.465 e. The van der Waals surface area contributed by atoms with Gasteiger partial charge in [0.25, 0.3) is 0 Å². The zero-order valence-corrected chi connectivity index (χ0v) is 15.5. The summed E-state index contributed by atoms with van der Waals surface area (Å²) in [5, 5.41) is 9.42. The summed E-state index contributed by atoms with van der Waals surface area (Å²) >= 11 is 0. The van der Waals surface area contributed by atoms with Crippen LogP contribution in [0.5, 0.6) is 0 Å². The second kappa shape index (κ2) is 6.96. The van der Waals surface area contributed by atoms with Crippen molar-refractivity contribution in [1.29, 1.82) is 0 Å². The number of hydrogen-bond donors (Lipinski definition) is 1. The molecule has 1 N–H and O–H groups in total. The van der Waals surface area contributed by atoms with Gasteiger partial charge in [0.15, 0.2) is 0 Å². The van der Waals surface area contributed by atoms with Crippen LogP contribution in [0.4, 0.5) is 9.18 Å². The van der Waals surface area contributed by atoms with Crippen LogP contribution < -0.4 is 0 Å². The van der Waals surface area contributed by atoms with Crippen LogP contribution in [-0.2, 0) is 0 Å². The molecule has 3 atom stereocenters. The molecule has 144 valence electrons. The van der Waals surface area contributed by atoms with Crippen LogP contribution in [0.2, 0.25) is 0 Å². The predicted octanol–water partition coefficient (Wildman–Crippen LogP) is 3.85. The van der Waals surface area contributed by atoms with Crippen LogP contribution in [-0.4, -0.2) is 51.2 Å². The fourth-order valence-corrected chi connectivity index (χ4v) is 3.89. The Labute approximate surface area is 157 Å². The van der Waals surface area contributed by atoms with E-state index in [1.165, 1.54) is 17.0 Å². The Kier molecular flexibility index (Phi) is 4.63. The average molecular weight is 373 g/mol. The number of nitrogens with zero attached hydrogens (tertiary/aromatic N) is 3. The van der Waals surface area contributed by atoms with E-state index in [2.05, 4.69) is 4.90 Å². The van der Waals surface area contributed by atoms with Crippen molar-refractivity contribution in [2.45, 2.75) is 50.7 Å². The van der Waals surface area contributed by atoms with E-state index in [1.54, 1.807) is 18.4 Å². The van der Waals surface area contributed by atoms with Crippen LogP contribution in [0.25, 0.3) is 0 Å². The highest BCUT2D eigenvalue weighted by Crippen LogP contribution is 2.41. The van der Waals surface area contributed by atoms with Crippen molar-refractivity contribution in [3.8, 4) is 0 Å². The van der Waals surface area contributed by atoms with Gasteiger partial charge in [0.05, 0.1) is 5.69 Å². The number of amides is 1. The van der Waals surface area contributed by atoms with Gasteiger partial charge < -0.3 is 14.4 Å². The monoisotopic (exact) mass is 373 g/mol. The van der Waals surface area contributed by atoms with Gasteiger partial charge in [-0.3, -0.25) is 4.90 Å². The largest absolute Gasteiger partial charge is 0.465 e. The number of carboxylic acid groups (broad SMARTS) is 1. The van der Waals surface area contributed by atoms with Crippen molar-refractivity contribution >= 4 is 6.09 Å². The maximum absolute atomic E-state index is 13.5. The van der Waals surface area contributed by atoms with Crippen molar-refractivity contribution in [3.05, 3.63) is 53.5 Å². The van der Waals surface area contributed by atoms with Crippen molar-refractivity contribution in [1.82, 2.24) is 14.8 Å². The number of carbonyl (C=O) groups is 1. The number of hydrogen-bond acceptors (Lipinski definition) is 4. The lowest BCUT2D eigenvalue weighted by Crippen LogP contribution is -2.58. The number of rotatable bonds is 4. The first-order chi connectivity index (χ1) is 12.9. The van der Waals surface area contributed by atoms with Gasteiger partial charge in [0, 0.05) is 31.1 Å². The number of oxazole rings is 1. The summed E-state index contributed by atoms with van der Waals surface area (Å²) in [5.74, 6) is 0.781. The molecule has 1 aliphatic carbocycles. The first-order valence-electron chi connectivity index (χ1n) is 9.40. The van der Waals surface area contributed by atoms with Crippen molar-refractivity contribution in [2.24, 2.45) is 0 Å². The molecule has 4 rings (SSSR count). The quantitative estimate of drug-likeness (QED) is 0.881. The third-order valence-corrected chi connectivity index (χ3v) is 5.57. The summed E-state index contributed by atoms with van der Waals surface area (Å²) in [4.78, 5) is 19.9. The molecular weight excluding hydrogens is 349 g/mol. The molecule has 2 aromatic rings. The van der Waals surface area contributed by atoms with E-state index in [0.29, 0.717) is 24.9 Å². The van der Waals surface area contributed by atoms with E-state index >= 15 is 0 Å². The SMILES string of the molecule is C[C@@H]1CN(C(=O)O)[C@@H](C)CN1C(c1ccc(F)cc1)c1nc(C2CC2)co1. The van der Waals surface area contributed by atoms with Crippen LogP contribution >= 0.6 is 0 Å². The summed E-state index contributed by atoms with van der Waals surface area (Å²) in [6, 6.07) is 5.93. The van der Waals surface area contributed by atoms with E-state index in [0.717, 1.165) is 24.1 Å². The molecule has 1 aromatic heterocycles. The standard InChI is InChI=1S/C20H24FN3O3/c1-12-10-24(20(25)26)13(2)9-23(12)18(15-5-7-16(21)8-6-15)19-22-17(11-27-19)14-3-4-14/h5-8,11-14,18H,3-4,9-10H2,1-2H3,(H,25,26)/t12-,13+,18?/m1/s1. The summed E-state index contributed by atoms with van der Waals surface area (Å²) in [6.45, 7) is 4.87. The van der Waals surface area contributed by atoms with Gasteiger partial charge >= 0.3 is 6.09 Å². The van der Waals surface area contributed by atoms with Crippen LogP contribution in [0.3, 0.4) is 0 Å². The molecule has 0 bridgehead atoms. The predicted molar refractivity (Wildman–Crippen MR) is 97.1 cm³/mol. The van der Waals surface area contributed by atoms with E-state index in [1.807, 2.05) is 13.8 Å². The zero-order chi connectivity index (χ0) is 19.1. The normalized spacial score (nSPS) is 24.8. The molecule has 1 amide bonds. The van der Waals surface area contributed by atoms with Gasteiger partial charge in [-0.1, -0.05) is 12.1 Å². The van der Waals surface area contributed by atoms with Crippen LogP contribution in [0, 0.1) is 5.82 Å². The molecule has 0 radical (unpaired) electrons. The van der Waals surface area contributed by atoms with Crippen LogP contribution in [0.15, 0.2) is 34.9 Å². The second-order valence-corrected chi connectivity index (χ2v) is 7.67. The Hall–Kier alpha value is -2.41. The Morgan fingerprint density at radius 3 is 2.56 bits per heavy atom. The third kappa shape index (κ3) is 3.56. The van der Waals surface area contributed by atoms with Crippen molar-refractivity contribution in [3.63, 3.8) is 0 Å². The lowest BCUT2D eigenvalue weighted by Gasteiger charge is -2.45. The fraction of sp³-hybridized carbons (Fsp3) is 0.500. The van der Waals surface area contributed by atoms with E-state index < -0.39 is 6.09 Å². The summed E-state index contributed by atoms with van der Waals surface area (Å²) in [6.07, 6.45) is 3.10. The second-order valence-electron chi connectivity index (χ2n) is 7.67. The zero-order valence-electron chi connectivity index (χ0n) is 15.5. The van der Waals surface area contributed by atoms with Gasteiger partial charge in [0.1, 0.15) is 18.1 Å². The van der Waals surface area contributed by atoms with Crippen molar-refractivity contribution < 1.29 is 18.7 Å². The summed E-state index contributed by atoms with van der Waals surface area (Å²) in [5.41, 5.74) is 1.87. The average Bonchev–Trinajstić information content (AvgIpc) is 3.38. The first kappa shape index (κ1) is 18.0. The minimum atomic E-state index is -0.903. The molecule has 1 aromatic carbocycles. The van der Waals surface area contributed by atoms with Crippen molar-refractivity contribution in [2.75, 3.05) is 13.1 Å². The molecule has 1 aliphatic heterocycles. The lowest BCUT2D eigenvalue weighted by molar-refractivity contribution is 0.0224.